The van der Waals surface area contributed by atoms with Crippen LogP contribution in [0, 0.1) is 11.8 Å². The molecule has 2 nitrogen and oxygen atoms in total. The molecular formula is C16H16N2S. The van der Waals surface area contributed by atoms with Crippen LogP contribution >= 0.6 is 11.3 Å². The average molecular weight is 268 g/mol. The Labute approximate surface area is 117 Å². The van der Waals surface area contributed by atoms with Crippen LogP contribution in [0.2, 0.25) is 0 Å². The SMILES string of the molecule is C(#Cc1csc(C2CCNCC2)n1)c1ccccc1. The molecule has 2 heterocycles. The van der Waals surface area contributed by atoms with Crippen LogP contribution in [0.5, 0.6) is 0 Å². The van der Waals surface area contributed by atoms with Crippen LogP contribution in [-0.2, 0) is 0 Å². The summed E-state index contributed by atoms with van der Waals surface area (Å²) < 4.78 is 0. The molecule has 0 aliphatic carbocycles. The number of rotatable bonds is 1. The van der Waals surface area contributed by atoms with E-state index in [9.17, 15) is 0 Å². The number of benzene rings is 1. The molecule has 1 aromatic heterocycles. The Bertz CT molecular complexity index is 586. The van der Waals surface area contributed by atoms with Crippen molar-refractivity contribution in [2.24, 2.45) is 0 Å². The predicted octanol–water partition coefficient (Wildman–Crippen LogP) is 3.01. The van der Waals surface area contributed by atoms with Crippen molar-refractivity contribution in [3.8, 4) is 11.8 Å². The lowest BCUT2D eigenvalue weighted by Crippen LogP contribution is -2.26. The maximum absolute atomic E-state index is 4.67. The zero-order valence-corrected chi connectivity index (χ0v) is 11.5. The van der Waals surface area contributed by atoms with Crippen LogP contribution in [0.15, 0.2) is 35.7 Å². The first-order valence-electron chi connectivity index (χ1n) is 6.65. The summed E-state index contributed by atoms with van der Waals surface area (Å²) in [7, 11) is 0. The summed E-state index contributed by atoms with van der Waals surface area (Å²) in [4.78, 5) is 4.67. The lowest BCUT2D eigenvalue weighted by molar-refractivity contribution is 0.459. The Balaban J connectivity index is 1.73. The molecule has 0 radical (unpaired) electrons. The van der Waals surface area contributed by atoms with E-state index in [1.165, 1.54) is 17.8 Å². The topological polar surface area (TPSA) is 24.9 Å². The number of hydrogen-bond acceptors (Lipinski definition) is 3. The molecule has 0 unspecified atom stereocenters. The van der Waals surface area contributed by atoms with Gasteiger partial charge in [-0.05, 0) is 44.0 Å². The van der Waals surface area contributed by atoms with Gasteiger partial charge in [-0.15, -0.1) is 11.3 Å². The van der Waals surface area contributed by atoms with Gasteiger partial charge in [0, 0.05) is 16.9 Å². The lowest BCUT2D eigenvalue weighted by atomic mass is 9.99. The molecule has 0 saturated carbocycles. The Hall–Kier alpha value is -1.63. The van der Waals surface area contributed by atoms with Gasteiger partial charge in [-0.1, -0.05) is 24.1 Å². The normalized spacial score (nSPS) is 15.8. The largest absolute Gasteiger partial charge is 0.317 e. The molecular weight excluding hydrogens is 252 g/mol. The second kappa shape index (κ2) is 6.01. The molecule has 3 rings (SSSR count). The predicted molar refractivity (Wildman–Crippen MR) is 79.4 cm³/mol. The zero-order valence-electron chi connectivity index (χ0n) is 10.7. The lowest BCUT2D eigenvalue weighted by Gasteiger charge is -2.20. The molecule has 1 saturated heterocycles. The fourth-order valence-electron chi connectivity index (χ4n) is 2.26. The van der Waals surface area contributed by atoms with Crippen molar-refractivity contribution in [3.05, 3.63) is 52.0 Å². The summed E-state index contributed by atoms with van der Waals surface area (Å²) in [5.74, 6) is 6.94. The molecule has 96 valence electrons. The fraction of sp³-hybridized carbons (Fsp3) is 0.312. The number of nitrogens with zero attached hydrogens (tertiary/aromatic N) is 1. The van der Waals surface area contributed by atoms with Gasteiger partial charge in [0.25, 0.3) is 0 Å². The molecule has 2 aromatic rings. The molecule has 1 N–H and O–H groups in total. The summed E-state index contributed by atoms with van der Waals surface area (Å²) in [6, 6.07) is 10.1. The highest BCUT2D eigenvalue weighted by Crippen LogP contribution is 2.27. The summed E-state index contributed by atoms with van der Waals surface area (Å²) in [6.07, 6.45) is 2.39. The Morgan fingerprint density at radius 3 is 2.68 bits per heavy atom. The second-order valence-corrected chi connectivity index (χ2v) is 5.60. The van der Waals surface area contributed by atoms with E-state index < -0.39 is 0 Å². The molecule has 0 amide bonds. The van der Waals surface area contributed by atoms with E-state index in [0.29, 0.717) is 5.92 Å². The van der Waals surface area contributed by atoms with Gasteiger partial charge in [0.1, 0.15) is 5.69 Å². The van der Waals surface area contributed by atoms with Crippen LogP contribution in [-0.4, -0.2) is 18.1 Å². The molecule has 1 aliphatic heterocycles. The van der Waals surface area contributed by atoms with Crippen LogP contribution < -0.4 is 5.32 Å². The highest BCUT2D eigenvalue weighted by molar-refractivity contribution is 7.09. The first kappa shape index (κ1) is 12.4. The van der Waals surface area contributed by atoms with E-state index in [-0.39, 0.29) is 0 Å². The summed E-state index contributed by atoms with van der Waals surface area (Å²) in [5, 5.41) is 6.71. The van der Waals surface area contributed by atoms with Crippen molar-refractivity contribution >= 4 is 11.3 Å². The molecule has 1 aliphatic rings. The monoisotopic (exact) mass is 268 g/mol. The van der Waals surface area contributed by atoms with Crippen molar-refractivity contribution in [1.29, 1.82) is 0 Å². The average Bonchev–Trinajstić information content (AvgIpc) is 2.96. The first-order chi connectivity index (χ1) is 9.42. The molecule has 0 bridgehead atoms. The van der Waals surface area contributed by atoms with Gasteiger partial charge in [0.15, 0.2) is 0 Å². The van der Waals surface area contributed by atoms with Gasteiger partial charge in [0.2, 0.25) is 0 Å². The van der Waals surface area contributed by atoms with E-state index in [2.05, 4.69) is 27.5 Å². The van der Waals surface area contributed by atoms with Gasteiger partial charge < -0.3 is 5.32 Å². The molecule has 0 spiro atoms. The molecule has 3 heteroatoms. The standard InChI is InChI=1S/C16H16N2S/c1-2-4-13(5-3-1)6-7-15-12-19-16(18-15)14-8-10-17-11-9-14/h1-5,12,14,17H,8-11H2. The minimum atomic E-state index is 0.624. The third-order valence-electron chi connectivity index (χ3n) is 3.32. The molecule has 19 heavy (non-hydrogen) atoms. The summed E-state index contributed by atoms with van der Waals surface area (Å²) >= 11 is 1.75. The quantitative estimate of drug-likeness (QED) is 0.804. The highest BCUT2D eigenvalue weighted by atomic mass is 32.1. The van der Waals surface area contributed by atoms with Gasteiger partial charge in [-0.3, -0.25) is 0 Å². The van der Waals surface area contributed by atoms with Crippen molar-refractivity contribution in [2.45, 2.75) is 18.8 Å². The van der Waals surface area contributed by atoms with Crippen molar-refractivity contribution in [1.82, 2.24) is 10.3 Å². The van der Waals surface area contributed by atoms with Crippen molar-refractivity contribution < 1.29 is 0 Å². The van der Waals surface area contributed by atoms with Gasteiger partial charge >= 0.3 is 0 Å². The fourth-order valence-corrected chi connectivity index (χ4v) is 3.18. The Kier molecular flexibility index (Phi) is 3.92. The summed E-state index contributed by atoms with van der Waals surface area (Å²) in [5.41, 5.74) is 1.95. The number of hydrogen-bond donors (Lipinski definition) is 1. The van der Waals surface area contributed by atoms with E-state index in [0.717, 1.165) is 24.3 Å². The first-order valence-corrected chi connectivity index (χ1v) is 7.53. The Morgan fingerprint density at radius 1 is 1.11 bits per heavy atom. The number of thiazole rings is 1. The number of piperidine rings is 1. The minimum Gasteiger partial charge on any atom is -0.317 e. The van der Waals surface area contributed by atoms with Gasteiger partial charge in [-0.25, -0.2) is 4.98 Å². The minimum absolute atomic E-state index is 0.624. The van der Waals surface area contributed by atoms with Gasteiger partial charge in [0.05, 0.1) is 5.01 Å². The Morgan fingerprint density at radius 2 is 1.89 bits per heavy atom. The van der Waals surface area contributed by atoms with E-state index in [1.54, 1.807) is 11.3 Å². The van der Waals surface area contributed by atoms with E-state index >= 15 is 0 Å². The van der Waals surface area contributed by atoms with E-state index in [4.69, 9.17) is 0 Å². The third kappa shape index (κ3) is 3.23. The van der Waals surface area contributed by atoms with Gasteiger partial charge in [-0.2, -0.15) is 0 Å². The van der Waals surface area contributed by atoms with Crippen LogP contribution in [0.3, 0.4) is 0 Å². The maximum Gasteiger partial charge on any atom is 0.124 e. The zero-order chi connectivity index (χ0) is 12.9. The number of aromatic nitrogens is 1. The maximum atomic E-state index is 4.67. The van der Waals surface area contributed by atoms with Crippen LogP contribution in [0.25, 0.3) is 0 Å². The third-order valence-corrected chi connectivity index (χ3v) is 4.33. The van der Waals surface area contributed by atoms with Crippen LogP contribution in [0.1, 0.15) is 35.0 Å². The summed E-state index contributed by atoms with van der Waals surface area (Å²) in [6.45, 7) is 2.21. The molecule has 1 fully saturated rings. The van der Waals surface area contributed by atoms with Crippen molar-refractivity contribution in [2.75, 3.05) is 13.1 Å². The number of nitrogens with one attached hydrogen (secondary N) is 1. The van der Waals surface area contributed by atoms with Crippen LogP contribution in [0.4, 0.5) is 0 Å². The molecule has 1 aromatic carbocycles. The highest BCUT2D eigenvalue weighted by Gasteiger charge is 2.17. The van der Waals surface area contributed by atoms with E-state index in [1.807, 2.05) is 30.3 Å². The molecule has 0 atom stereocenters. The second-order valence-electron chi connectivity index (χ2n) is 4.71. The van der Waals surface area contributed by atoms with Crippen molar-refractivity contribution in [3.63, 3.8) is 0 Å². The smallest absolute Gasteiger partial charge is 0.124 e.